The molecule has 0 unspecified atom stereocenters. The molecule has 1 nitrogen and oxygen atoms in total. The monoisotopic (exact) mass is 292 g/mol. The smallest absolute Gasteiger partial charge is 0.195 e. The Labute approximate surface area is 117 Å². The van der Waals surface area contributed by atoms with Crippen molar-refractivity contribution in [3.8, 4) is 16.9 Å². The average molecular weight is 292 g/mol. The van der Waals surface area contributed by atoms with Gasteiger partial charge >= 0.3 is 0 Å². The first-order valence-corrected chi connectivity index (χ1v) is 6.03. The molecule has 3 rings (SSSR count). The fraction of sp³-hybridized carbons (Fsp3) is 0. The van der Waals surface area contributed by atoms with E-state index in [1.807, 2.05) is 0 Å². The van der Waals surface area contributed by atoms with Gasteiger partial charge < -0.3 is 5.11 Å². The SMILES string of the molecule is Oc1ccc(-c2ccc3c(F)c(F)c(F)cc3c2)c(F)c1. The quantitative estimate of drug-likeness (QED) is 0.506. The van der Waals surface area contributed by atoms with Crippen molar-refractivity contribution in [1.82, 2.24) is 0 Å². The van der Waals surface area contributed by atoms with Crippen molar-refractivity contribution in [2.75, 3.05) is 0 Å². The molecule has 21 heavy (non-hydrogen) atoms. The second-order valence-electron chi connectivity index (χ2n) is 4.59. The van der Waals surface area contributed by atoms with Crippen molar-refractivity contribution >= 4 is 10.8 Å². The largest absolute Gasteiger partial charge is 0.508 e. The Bertz CT molecular complexity index is 859. The van der Waals surface area contributed by atoms with E-state index in [1.54, 1.807) is 0 Å². The van der Waals surface area contributed by atoms with Crippen LogP contribution in [0.3, 0.4) is 0 Å². The summed E-state index contributed by atoms with van der Waals surface area (Å²) >= 11 is 0. The Morgan fingerprint density at radius 3 is 2.19 bits per heavy atom. The first-order chi connectivity index (χ1) is 9.97. The van der Waals surface area contributed by atoms with Gasteiger partial charge in [0, 0.05) is 17.0 Å². The lowest BCUT2D eigenvalue weighted by atomic mass is 10.00. The number of phenolic OH excluding ortho intramolecular Hbond substituents is 1. The average Bonchev–Trinajstić information content (AvgIpc) is 2.44. The minimum atomic E-state index is -1.54. The molecule has 0 aliphatic rings. The fourth-order valence-corrected chi connectivity index (χ4v) is 2.21. The van der Waals surface area contributed by atoms with Crippen LogP contribution in [0.15, 0.2) is 42.5 Å². The fourth-order valence-electron chi connectivity index (χ4n) is 2.21. The van der Waals surface area contributed by atoms with Gasteiger partial charge in [-0.3, -0.25) is 0 Å². The first-order valence-electron chi connectivity index (χ1n) is 6.03. The Kier molecular flexibility index (Phi) is 3.05. The summed E-state index contributed by atoms with van der Waals surface area (Å²) in [6.45, 7) is 0. The Hall–Kier alpha value is -2.56. The summed E-state index contributed by atoms with van der Waals surface area (Å²) in [5.74, 6) is -5.01. The molecule has 0 saturated carbocycles. The van der Waals surface area contributed by atoms with Gasteiger partial charge in [-0.1, -0.05) is 12.1 Å². The Morgan fingerprint density at radius 1 is 0.714 bits per heavy atom. The number of aromatic hydroxyl groups is 1. The van der Waals surface area contributed by atoms with Gasteiger partial charge in [-0.15, -0.1) is 0 Å². The molecule has 0 radical (unpaired) electrons. The van der Waals surface area contributed by atoms with Crippen molar-refractivity contribution in [3.05, 3.63) is 65.7 Å². The zero-order chi connectivity index (χ0) is 15.1. The number of phenols is 1. The third kappa shape index (κ3) is 2.20. The van der Waals surface area contributed by atoms with Crippen LogP contribution in [0.2, 0.25) is 0 Å². The molecule has 0 fully saturated rings. The molecule has 3 aromatic rings. The lowest BCUT2D eigenvalue weighted by molar-refractivity contribution is 0.453. The van der Waals surface area contributed by atoms with Crippen molar-refractivity contribution in [1.29, 1.82) is 0 Å². The summed E-state index contributed by atoms with van der Waals surface area (Å²) < 4.78 is 53.8. The second kappa shape index (κ2) is 4.77. The van der Waals surface area contributed by atoms with Gasteiger partial charge in [0.2, 0.25) is 0 Å². The molecule has 106 valence electrons. The predicted octanol–water partition coefficient (Wildman–Crippen LogP) is 4.77. The van der Waals surface area contributed by atoms with Gasteiger partial charge in [-0.25, -0.2) is 17.6 Å². The van der Waals surface area contributed by atoms with Gasteiger partial charge in [0.1, 0.15) is 11.6 Å². The number of halogens is 4. The minimum absolute atomic E-state index is 0.0863. The van der Waals surface area contributed by atoms with Crippen LogP contribution in [0.25, 0.3) is 21.9 Å². The molecule has 0 aliphatic heterocycles. The normalized spacial score (nSPS) is 11.0. The molecule has 5 heteroatoms. The zero-order valence-corrected chi connectivity index (χ0v) is 10.5. The molecule has 0 bridgehead atoms. The van der Waals surface area contributed by atoms with E-state index < -0.39 is 23.3 Å². The van der Waals surface area contributed by atoms with Crippen LogP contribution in [0.1, 0.15) is 0 Å². The highest BCUT2D eigenvalue weighted by molar-refractivity contribution is 5.88. The van der Waals surface area contributed by atoms with E-state index in [0.29, 0.717) is 5.56 Å². The molecule has 0 heterocycles. The lowest BCUT2D eigenvalue weighted by Gasteiger charge is -2.07. The van der Waals surface area contributed by atoms with Crippen LogP contribution < -0.4 is 0 Å². The lowest BCUT2D eigenvalue weighted by Crippen LogP contribution is -1.93. The molecular weight excluding hydrogens is 284 g/mol. The van der Waals surface area contributed by atoms with Crippen molar-refractivity contribution in [3.63, 3.8) is 0 Å². The summed E-state index contributed by atoms with van der Waals surface area (Å²) in [5.41, 5.74) is 0.533. The minimum Gasteiger partial charge on any atom is -0.508 e. The predicted molar refractivity (Wildman–Crippen MR) is 70.9 cm³/mol. The summed E-state index contributed by atoms with van der Waals surface area (Å²) in [5, 5.41) is 9.21. The van der Waals surface area contributed by atoms with E-state index in [1.165, 1.54) is 30.3 Å². The standard InChI is InChI=1S/C16H8F4O/c17-13-7-10(21)2-4-11(13)8-1-3-12-9(5-8)6-14(18)16(20)15(12)19/h1-7,21H. The maximum absolute atomic E-state index is 13.8. The van der Waals surface area contributed by atoms with Crippen LogP contribution in [0.5, 0.6) is 5.75 Å². The maximum atomic E-state index is 13.8. The molecule has 0 spiro atoms. The third-order valence-corrected chi connectivity index (χ3v) is 3.24. The van der Waals surface area contributed by atoms with Gasteiger partial charge in [0.15, 0.2) is 17.5 Å². The van der Waals surface area contributed by atoms with Crippen molar-refractivity contribution in [2.24, 2.45) is 0 Å². The van der Waals surface area contributed by atoms with E-state index in [4.69, 9.17) is 0 Å². The molecule has 0 atom stereocenters. The number of benzene rings is 3. The van der Waals surface area contributed by atoms with E-state index >= 15 is 0 Å². The van der Waals surface area contributed by atoms with E-state index in [9.17, 15) is 22.7 Å². The van der Waals surface area contributed by atoms with Crippen LogP contribution in [0, 0.1) is 23.3 Å². The molecule has 0 aliphatic carbocycles. The molecular formula is C16H8F4O. The molecule has 0 amide bonds. The number of fused-ring (bicyclic) bond motifs is 1. The maximum Gasteiger partial charge on any atom is 0.195 e. The number of hydrogen-bond donors (Lipinski definition) is 1. The molecule has 0 aromatic heterocycles. The van der Waals surface area contributed by atoms with Crippen LogP contribution in [-0.4, -0.2) is 5.11 Å². The van der Waals surface area contributed by atoms with Crippen LogP contribution in [0.4, 0.5) is 17.6 Å². The highest BCUT2D eigenvalue weighted by Crippen LogP contribution is 2.30. The molecule has 0 saturated heterocycles. The van der Waals surface area contributed by atoms with Crippen LogP contribution >= 0.6 is 0 Å². The van der Waals surface area contributed by atoms with E-state index in [-0.39, 0.29) is 22.1 Å². The third-order valence-electron chi connectivity index (χ3n) is 3.24. The zero-order valence-electron chi connectivity index (χ0n) is 10.5. The summed E-state index contributed by atoms with van der Waals surface area (Å²) in [6, 6.07) is 8.46. The van der Waals surface area contributed by atoms with E-state index in [0.717, 1.165) is 12.1 Å². The Morgan fingerprint density at radius 2 is 1.48 bits per heavy atom. The summed E-state index contributed by atoms with van der Waals surface area (Å²) in [4.78, 5) is 0. The number of hydrogen-bond acceptors (Lipinski definition) is 1. The molecule has 1 N–H and O–H groups in total. The highest BCUT2D eigenvalue weighted by Gasteiger charge is 2.14. The summed E-state index contributed by atoms with van der Waals surface area (Å²) in [7, 11) is 0. The van der Waals surface area contributed by atoms with Crippen LogP contribution in [-0.2, 0) is 0 Å². The van der Waals surface area contributed by atoms with Gasteiger partial charge in [-0.05, 0) is 35.2 Å². The Balaban J connectivity index is 2.24. The van der Waals surface area contributed by atoms with Crippen molar-refractivity contribution in [2.45, 2.75) is 0 Å². The second-order valence-corrected chi connectivity index (χ2v) is 4.59. The topological polar surface area (TPSA) is 20.2 Å². The van der Waals surface area contributed by atoms with Gasteiger partial charge in [0.05, 0.1) is 0 Å². The van der Waals surface area contributed by atoms with Crippen molar-refractivity contribution < 1.29 is 22.7 Å². The van der Waals surface area contributed by atoms with E-state index in [2.05, 4.69) is 0 Å². The highest BCUT2D eigenvalue weighted by atomic mass is 19.2. The van der Waals surface area contributed by atoms with Gasteiger partial charge in [-0.2, -0.15) is 0 Å². The summed E-state index contributed by atoms with van der Waals surface area (Å²) in [6.07, 6.45) is 0. The van der Waals surface area contributed by atoms with Gasteiger partial charge in [0.25, 0.3) is 0 Å². The number of rotatable bonds is 1. The first kappa shape index (κ1) is 13.4. The molecule has 3 aromatic carbocycles.